The maximum Gasteiger partial charge on any atom is 0.263 e. The molecule has 0 atom stereocenters. The molecule has 0 bridgehead atoms. The maximum atomic E-state index is 13.4. The van der Waals surface area contributed by atoms with Gasteiger partial charge in [-0.3, -0.25) is 14.9 Å². The second-order valence-corrected chi connectivity index (χ2v) is 6.79. The summed E-state index contributed by atoms with van der Waals surface area (Å²) in [7, 11) is 0. The van der Waals surface area contributed by atoms with Gasteiger partial charge in [-0.15, -0.1) is 0 Å². The highest BCUT2D eigenvalue weighted by molar-refractivity contribution is 6.31. The van der Waals surface area contributed by atoms with Gasteiger partial charge in [-0.2, -0.15) is 0 Å². The van der Waals surface area contributed by atoms with Crippen LogP contribution in [-0.2, 0) is 4.79 Å². The van der Waals surface area contributed by atoms with Gasteiger partial charge in [0.05, 0.1) is 10.7 Å². The standard InChI is InChI=1S/C22H14ClFN2O3/c1-12(27)25-21(28)17-11-16-15-5-3-2-4-13(15)6-9-20(16)29-22(17)26-14-7-8-19(24)18(23)10-14/h2-11H,1H3,(H,25,27,28). The molecular weight excluding hydrogens is 395 g/mol. The number of nitrogens with one attached hydrogen (secondary N) is 1. The van der Waals surface area contributed by atoms with Crippen LogP contribution >= 0.6 is 11.6 Å². The first-order valence-corrected chi connectivity index (χ1v) is 9.07. The van der Waals surface area contributed by atoms with Gasteiger partial charge in [-0.25, -0.2) is 9.38 Å². The van der Waals surface area contributed by atoms with Gasteiger partial charge >= 0.3 is 0 Å². The number of nitrogens with zero attached hydrogens (tertiary/aromatic N) is 1. The molecule has 0 aliphatic rings. The molecule has 5 nitrogen and oxygen atoms in total. The van der Waals surface area contributed by atoms with Crippen LogP contribution in [0.25, 0.3) is 21.7 Å². The lowest BCUT2D eigenvalue weighted by Crippen LogP contribution is -2.32. The van der Waals surface area contributed by atoms with Crippen molar-refractivity contribution in [2.45, 2.75) is 6.92 Å². The summed E-state index contributed by atoms with van der Waals surface area (Å²) >= 11 is 5.82. The minimum Gasteiger partial charge on any atom is -0.438 e. The zero-order valence-electron chi connectivity index (χ0n) is 15.2. The Morgan fingerprint density at radius 1 is 1.03 bits per heavy atom. The monoisotopic (exact) mass is 408 g/mol. The van der Waals surface area contributed by atoms with E-state index < -0.39 is 17.6 Å². The van der Waals surface area contributed by atoms with Crippen molar-refractivity contribution in [2.75, 3.05) is 0 Å². The second-order valence-electron chi connectivity index (χ2n) is 6.38. The number of carbonyl (C=O) groups excluding carboxylic acids is 2. The molecule has 0 saturated carbocycles. The third kappa shape index (κ3) is 3.75. The minimum atomic E-state index is -0.650. The van der Waals surface area contributed by atoms with Crippen molar-refractivity contribution >= 4 is 50.8 Å². The van der Waals surface area contributed by atoms with Crippen LogP contribution in [0.1, 0.15) is 17.3 Å². The fourth-order valence-corrected chi connectivity index (χ4v) is 3.20. The summed E-state index contributed by atoms with van der Waals surface area (Å²) in [4.78, 5) is 28.3. The molecule has 7 heteroatoms. The number of carbonyl (C=O) groups is 2. The van der Waals surface area contributed by atoms with Crippen LogP contribution in [0, 0.1) is 5.82 Å². The molecule has 4 rings (SSSR count). The lowest BCUT2D eigenvalue weighted by molar-refractivity contribution is -0.118. The van der Waals surface area contributed by atoms with Crippen molar-refractivity contribution < 1.29 is 18.4 Å². The van der Waals surface area contributed by atoms with Crippen molar-refractivity contribution in [1.29, 1.82) is 0 Å². The van der Waals surface area contributed by atoms with Gasteiger partial charge in [-0.05, 0) is 41.1 Å². The Kier molecular flexibility index (Phi) is 4.86. The smallest absolute Gasteiger partial charge is 0.263 e. The molecule has 1 N–H and O–H groups in total. The Morgan fingerprint density at radius 2 is 1.83 bits per heavy atom. The molecule has 4 aromatic rings. The first-order chi connectivity index (χ1) is 13.9. The zero-order valence-corrected chi connectivity index (χ0v) is 16.0. The van der Waals surface area contributed by atoms with Crippen molar-refractivity contribution in [3.8, 4) is 0 Å². The van der Waals surface area contributed by atoms with E-state index in [1.807, 2.05) is 30.3 Å². The summed E-state index contributed by atoms with van der Waals surface area (Å²) < 4.78 is 19.3. The second kappa shape index (κ2) is 7.48. The van der Waals surface area contributed by atoms with Crippen molar-refractivity contribution in [3.63, 3.8) is 0 Å². The average molecular weight is 409 g/mol. The first kappa shape index (κ1) is 18.8. The maximum absolute atomic E-state index is 13.4. The number of halogens is 2. The van der Waals surface area contributed by atoms with E-state index in [1.54, 1.807) is 12.1 Å². The Hall–Kier alpha value is -3.51. The number of hydrogen-bond donors (Lipinski definition) is 1. The van der Waals surface area contributed by atoms with E-state index in [9.17, 15) is 14.0 Å². The molecule has 0 spiro atoms. The molecule has 0 aliphatic carbocycles. The van der Waals surface area contributed by atoms with Gasteiger partial charge in [0.25, 0.3) is 5.91 Å². The summed E-state index contributed by atoms with van der Waals surface area (Å²) in [5.74, 6) is -1.74. The molecule has 0 aliphatic heterocycles. The van der Waals surface area contributed by atoms with E-state index in [0.29, 0.717) is 16.7 Å². The quantitative estimate of drug-likeness (QED) is 0.480. The van der Waals surface area contributed by atoms with E-state index in [1.165, 1.54) is 25.1 Å². The molecule has 29 heavy (non-hydrogen) atoms. The van der Waals surface area contributed by atoms with Crippen LogP contribution in [0.2, 0.25) is 5.02 Å². The Bertz CT molecular complexity index is 1360. The van der Waals surface area contributed by atoms with Gasteiger partial charge in [0.2, 0.25) is 11.5 Å². The number of imide groups is 1. The Balaban J connectivity index is 2.02. The number of benzene rings is 3. The lowest BCUT2D eigenvalue weighted by atomic mass is 10.0. The molecule has 0 saturated heterocycles. The van der Waals surface area contributed by atoms with Crippen LogP contribution in [0.15, 0.2) is 70.1 Å². The predicted octanol–water partition coefficient (Wildman–Crippen LogP) is 4.89. The van der Waals surface area contributed by atoms with Crippen LogP contribution in [-0.4, -0.2) is 11.8 Å². The highest BCUT2D eigenvalue weighted by Crippen LogP contribution is 2.26. The van der Waals surface area contributed by atoms with Crippen molar-refractivity contribution in [1.82, 2.24) is 5.32 Å². The molecule has 3 aromatic carbocycles. The minimum absolute atomic E-state index is 0.0193. The fraction of sp³-hybridized carbons (Fsp3) is 0.0455. The van der Waals surface area contributed by atoms with E-state index in [-0.39, 0.29) is 16.1 Å². The third-order valence-corrected chi connectivity index (χ3v) is 4.61. The summed E-state index contributed by atoms with van der Waals surface area (Å²) in [6, 6.07) is 16.9. The van der Waals surface area contributed by atoms with Crippen LogP contribution < -0.4 is 10.9 Å². The number of rotatable bonds is 2. The highest BCUT2D eigenvalue weighted by Gasteiger charge is 2.15. The summed E-state index contributed by atoms with van der Waals surface area (Å²) in [6.45, 7) is 1.24. The first-order valence-electron chi connectivity index (χ1n) is 8.70. The lowest BCUT2D eigenvalue weighted by Gasteiger charge is -2.07. The molecule has 2 amide bonds. The SMILES string of the molecule is CC(=O)NC(=O)c1cc2c(ccc3ccccc32)oc1=Nc1ccc(F)c(Cl)c1. The number of fused-ring (bicyclic) bond motifs is 3. The third-order valence-electron chi connectivity index (χ3n) is 4.32. The van der Waals surface area contributed by atoms with Gasteiger partial charge in [0.1, 0.15) is 17.0 Å². The Labute approximate surface area is 169 Å². The van der Waals surface area contributed by atoms with Crippen molar-refractivity contribution in [2.24, 2.45) is 4.99 Å². The average Bonchev–Trinajstić information content (AvgIpc) is 2.69. The summed E-state index contributed by atoms with van der Waals surface area (Å²) in [6.07, 6.45) is 0. The molecule has 144 valence electrons. The van der Waals surface area contributed by atoms with Gasteiger partial charge in [-0.1, -0.05) is 41.9 Å². The molecule has 1 heterocycles. The Morgan fingerprint density at radius 3 is 2.59 bits per heavy atom. The van der Waals surface area contributed by atoms with Crippen LogP contribution in [0.5, 0.6) is 0 Å². The highest BCUT2D eigenvalue weighted by atomic mass is 35.5. The molecule has 0 fully saturated rings. The number of hydrogen-bond acceptors (Lipinski definition) is 4. The number of amides is 2. The normalized spacial score (nSPS) is 11.8. The van der Waals surface area contributed by atoms with Gasteiger partial charge < -0.3 is 4.42 Å². The van der Waals surface area contributed by atoms with Crippen LogP contribution in [0.4, 0.5) is 10.1 Å². The summed E-state index contributed by atoms with van der Waals surface area (Å²) in [5, 5.41) is 4.70. The molecule has 0 unspecified atom stereocenters. The van der Waals surface area contributed by atoms with Crippen LogP contribution in [0.3, 0.4) is 0 Å². The van der Waals surface area contributed by atoms with E-state index in [4.69, 9.17) is 16.0 Å². The van der Waals surface area contributed by atoms with E-state index in [2.05, 4.69) is 10.3 Å². The largest absolute Gasteiger partial charge is 0.438 e. The van der Waals surface area contributed by atoms with E-state index in [0.717, 1.165) is 10.8 Å². The van der Waals surface area contributed by atoms with E-state index >= 15 is 0 Å². The van der Waals surface area contributed by atoms with Crippen molar-refractivity contribution in [3.05, 3.63) is 82.6 Å². The molecular formula is C22H14ClFN2O3. The van der Waals surface area contributed by atoms with Gasteiger partial charge in [0, 0.05) is 12.3 Å². The fourth-order valence-electron chi connectivity index (χ4n) is 3.02. The van der Waals surface area contributed by atoms with Gasteiger partial charge in [0.15, 0.2) is 0 Å². The molecule has 0 radical (unpaired) electrons. The summed E-state index contributed by atoms with van der Waals surface area (Å²) in [5.41, 5.74) is 0.867. The molecule has 1 aromatic heterocycles. The topological polar surface area (TPSA) is 71.7 Å². The zero-order chi connectivity index (χ0) is 20.5. The predicted molar refractivity (Wildman–Crippen MR) is 109 cm³/mol.